The van der Waals surface area contributed by atoms with Gasteiger partial charge in [-0.3, -0.25) is 4.90 Å². The molecule has 1 aliphatic heterocycles. The van der Waals surface area contributed by atoms with E-state index in [4.69, 9.17) is 5.11 Å². The zero-order chi connectivity index (χ0) is 15.3. The highest BCUT2D eigenvalue weighted by Crippen LogP contribution is 2.34. The van der Waals surface area contributed by atoms with Crippen LogP contribution in [0.1, 0.15) is 24.0 Å². The molecular weight excluding hydrogens is 279 g/mol. The molecule has 1 aromatic rings. The van der Waals surface area contributed by atoms with E-state index >= 15 is 0 Å². The molecule has 0 spiro atoms. The van der Waals surface area contributed by atoms with E-state index in [0.29, 0.717) is 19.6 Å². The number of rotatable bonds is 2. The van der Waals surface area contributed by atoms with Crippen LogP contribution in [0, 0.1) is 17.8 Å². The fourth-order valence-corrected chi connectivity index (χ4v) is 2.57. The molecule has 1 saturated heterocycles. The summed E-state index contributed by atoms with van der Waals surface area (Å²) in [6.07, 6.45) is -3.72. The summed E-state index contributed by atoms with van der Waals surface area (Å²) in [5, 5.41) is 8.67. The van der Waals surface area contributed by atoms with Crippen molar-refractivity contribution >= 4 is 0 Å². The van der Waals surface area contributed by atoms with Crippen LogP contribution in [0.3, 0.4) is 0 Å². The van der Waals surface area contributed by atoms with Gasteiger partial charge in [0.05, 0.1) is 5.92 Å². The second-order valence-corrected chi connectivity index (χ2v) is 5.25. The Morgan fingerprint density at radius 3 is 2.57 bits per heavy atom. The first-order valence-electron chi connectivity index (χ1n) is 6.97. The van der Waals surface area contributed by atoms with Crippen LogP contribution in [0.2, 0.25) is 0 Å². The average Bonchev–Trinajstić information content (AvgIpc) is 2.45. The van der Waals surface area contributed by atoms with Gasteiger partial charge in [-0.1, -0.05) is 24.0 Å². The Labute approximate surface area is 122 Å². The minimum atomic E-state index is -4.06. The van der Waals surface area contributed by atoms with Crippen molar-refractivity contribution in [2.24, 2.45) is 5.92 Å². The van der Waals surface area contributed by atoms with Crippen molar-refractivity contribution in [1.82, 2.24) is 4.90 Å². The SMILES string of the molecule is OCC#Cc1cccc(CN2CCC(C(F)(F)F)CC2)c1. The maximum absolute atomic E-state index is 12.6. The third-order valence-electron chi connectivity index (χ3n) is 3.70. The Kier molecular flexibility index (Phi) is 5.27. The molecule has 1 heterocycles. The van der Waals surface area contributed by atoms with Crippen molar-refractivity contribution in [1.29, 1.82) is 0 Å². The number of hydrogen-bond acceptors (Lipinski definition) is 2. The van der Waals surface area contributed by atoms with Gasteiger partial charge in [-0.15, -0.1) is 0 Å². The van der Waals surface area contributed by atoms with Gasteiger partial charge in [-0.25, -0.2) is 0 Å². The fourth-order valence-electron chi connectivity index (χ4n) is 2.57. The molecule has 0 radical (unpaired) electrons. The van der Waals surface area contributed by atoms with E-state index in [1.165, 1.54) is 0 Å². The molecule has 1 aliphatic rings. The quantitative estimate of drug-likeness (QED) is 0.849. The van der Waals surface area contributed by atoms with Crippen molar-refractivity contribution in [3.05, 3.63) is 35.4 Å². The third kappa shape index (κ3) is 4.76. The Hall–Kier alpha value is -1.51. The maximum atomic E-state index is 12.6. The Bertz CT molecular complexity index is 522. The van der Waals surface area contributed by atoms with Gasteiger partial charge in [0.1, 0.15) is 6.61 Å². The minimum Gasteiger partial charge on any atom is -0.384 e. The molecule has 0 amide bonds. The number of halogens is 3. The molecular formula is C16H18F3NO. The monoisotopic (exact) mass is 297 g/mol. The second-order valence-electron chi connectivity index (χ2n) is 5.25. The molecule has 1 fully saturated rings. The van der Waals surface area contributed by atoms with Gasteiger partial charge < -0.3 is 5.11 Å². The Balaban J connectivity index is 1.92. The minimum absolute atomic E-state index is 0.174. The predicted molar refractivity (Wildman–Crippen MR) is 74.5 cm³/mol. The zero-order valence-electron chi connectivity index (χ0n) is 11.7. The molecule has 5 heteroatoms. The summed E-state index contributed by atoms with van der Waals surface area (Å²) in [6, 6.07) is 7.58. The summed E-state index contributed by atoms with van der Waals surface area (Å²) < 4.78 is 37.8. The summed E-state index contributed by atoms with van der Waals surface area (Å²) in [5.74, 6) is 4.26. The van der Waals surface area contributed by atoms with Crippen molar-refractivity contribution in [2.75, 3.05) is 19.7 Å². The van der Waals surface area contributed by atoms with Gasteiger partial charge >= 0.3 is 6.18 Å². The van der Waals surface area contributed by atoms with E-state index in [1.807, 2.05) is 29.2 Å². The van der Waals surface area contributed by atoms with E-state index in [1.54, 1.807) is 0 Å². The summed E-state index contributed by atoms with van der Waals surface area (Å²) in [7, 11) is 0. The number of likely N-dealkylation sites (tertiary alicyclic amines) is 1. The summed E-state index contributed by atoms with van der Waals surface area (Å²) in [4.78, 5) is 2.04. The van der Waals surface area contributed by atoms with Crippen molar-refractivity contribution < 1.29 is 18.3 Å². The molecule has 2 rings (SSSR count). The van der Waals surface area contributed by atoms with Crippen LogP contribution in [0.25, 0.3) is 0 Å². The molecule has 2 nitrogen and oxygen atoms in total. The van der Waals surface area contributed by atoms with Crippen molar-refractivity contribution in [3.8, 4) is 11.8 Å². The van der Waals surface area contributed by atoms with Crippen molar-refractivity contribution in [3.63, 3.8) is 0 Å². The van der Waals surface area contributed by atoms with Crippen LogP contribution in [-0.4, -0.2) is 35.9 Å². The largest absolute Gasteiger partial charge is 0.391 e. The molecule has 0 aliphatic carbocycles. The molecule has 0 atom stereocenters. The molecule has 0 saturated carbocycles. The van der Waals surface area contributed by atoms with Crippen LogP contribution < -0.4 is 0 Å². The molecule has 0 aromatic heterocycles. The lowest BCUT2D eigenvalue weighted by Gasteiger charge is -2.32. The summed E-state index contributed by atoms with van der Waals surface area (Å²) in [6.45, 7) is 1.39. The molecule has 1 N–H and O–H groups in total. The topological polar surface area (TPSA) is 23.5 Å². The van der Waals surface area contributed by atoms with Gasteiger partial charge in [-0.2, -0.15) is 13.2 Å². The van der Waals surface area contributed by atoms with Crippen molar-refractivity contribution in [2.45, 2.75) is 25.6 Å². The number of alkyl halides is 3. The molecule has 21 heavy (non-hydrogen) atoms. The highest BCUT2D eigenvalue weighted by Gasteiger charge is 2.40. The standard InChI is InChI=1S/C16H18F3NO/c17-16(18,19)15-6-8-20(9-7-15)12-14-4-1-3-13(11-14)5-2-10-21/h1,3-4,11,15,21H,6-10,12H2. The van der Waals surface area contributed by atoms with E-state index in [-0.39, 0.29) is 19.4 Å². The Morgan fingerprint density at radius 1 is 1.24 bits per heavy atom. The number of aliphatic hydroxyl groups is 1. The summed E-state index contributed by atoms with van der Waals surface area (Å²) >= 11 is 0. The first kappa shape index (κ1) is 15.9. The molecule has 1 aromatic carbocycles. The lowest BCUT2D eigenvalue weighted by molar-refractivity contribution is -0.185. The zero-order valence-corrected chi connectivity index (χ0v) is 11.7. The highest BCUT2D eigenvalue weighted by molar-refractivity contribution is 5.37. The highest BCUT2D eigenvalue weighted by atomic mass is 19.4. The third-order valence-corrected chi connectivity index (χ3v) is 3.70. The smallest absolute Gasteiger partial charge is 0.384 e. The van der Waals surface area contributed by atoms with E-state index in [2.05, 4.69) is 11.8 Å². The number of nitrogens with zero attached hydrogens (tertiary/aromatic N) is 1. The Morgan fingerprint density at radius 2 is 1.95 bits per heavy atom. The van der Waals surface area contributed by atoms with E-state index < -0.39 is 12.1 Å². The normalized spacial score (nSPS) is 17.3. The number of hydrogen-bond donors (Lipinski definition) is 1. The van der Waals surface area contributed by atoms with Crippen LogP contribution in [0.5, 0.6) is 0 Å². The summed E-state index contributed by atoms with van der Waals surface area (Å²) in [5.41, 5.74) is 1.84. The van der Waals surface area contributed by atoms with Crippen LogP contribution in [0.15, 0.2) is 24.3 Å². The number of piperidine rings is 1. The van der Waals surface area contributed by atoms with Gasteiger partial charge in [0, 0.05) is 12.1 Å². The van der Waals surface area contributed by atoms with Crippen LogP contribution in [-0.2, 0) is 6.54 Å². The van der Waals surface area contributed by atoms with E-state index in [0.717, 1.165) is 11.1 Å². The van der Waals surface area contributed by atoms with Gasteiger partial charge in [0.25, 0.3) is 0 Å². The number of aliphatic hydroxyl groups excluding tert-OH is 1. The first-order chi connectivity index (χ1) is 9.99. The van der Waals surface area contributed by atoms with E-state index in [9.17, 15) is 13.2 Å². The average molecular weight is 297 g/mol. The lowest BCUT2D eigenvalue weighted by atomic mass is 9.96. The fraction of sp³-hybridized carbons (Fsp3) is 0.500. The van der Waals surface area contributed by atoms with Crippen LogP contribution in [0.4, 0.5) is 13.2 Å². The predicted octanol–water partition coefficient (Wildman–Crippen LogP) is 2.80. The molecule has 0 unspecified atom stereocenters. The van der Waals surface area contributed by atoms with Crippen LogP contribution >= 0.6 is 0 Å². The van der Waals surface area contributed by atoms with Gasteiger partial charge in [0.2, 0.25) is 0 Å². The van der Waals surface area contributed by atoms with Gasteiger partial charge in [0.15, 0.2) is 0 Å². The maximum Gasteiger partial charge on any atom is 0.391 e. The number of benzene rings is 1. The second kappa shape index (κ2) is 6.97. The molecule has 114 valence electrons. The first-order valence-corrected chi connectivity index (χ1v) is 6.97. The lowest BCUT2D eigenvalue weighted by Crippen LogP contribution is -2.38. The van der Waals surface area contributed by atoms with Gasteiger partial charge in [-0.05, 0) is 43.6 Å². The molecule has 0 bridgehead atoms.